The van der Waals surface area contributed by atoms with Crippen LogP contribution in [-0.4, -0.2) is 15.7 Å². The first-order chi connectivity index (χ1) is 6.88. The molecule has 0 spiro atoms. The monoisotopic (exact) mass is 206 g/mol. The standard InChI is InChI=1S/C11H14N2S/c1-3-5-11(14-8-4-2)10-9-12-6-7-13-10/h3,5-7,9H,1,4,8H2,2H3/b11-5-. The summed E-state index contributed by atoms with van der Waals surface area (Å²) in [6.45, 7) is 5.86. The molecule has 74 valence electrons. The third kappa shape index (κ3) is 3.34. The summed E-state index contributed by atoms with van der Waals surface area (Å²) in [5.74, 6) is 1.09. The second kappa shape index (κ2) is 6.38. The first-order valence-electron chi connectivity index (χ1n) is 4.60. The van der Waals surface area contributed by atoms with Crippen LogP contribution in [0, 0.1) is 0 Å². The summed E-state index contributed by atoms with van der Waals surface area (Å²) in [7, 11) is 0. The van der Waals surface area contributed by atoms with Crippen molar-refractivity contribution in [3.63, 3.8) is 0 Å². The van der Waals surface area contributed by atoms with Gasteiger partial charge in [-0.3, -0.25) is 9.97 Å². The first kappa shape index (κ1) is 11.0. The summed E-state index contributed by atoms with van der Waals surface area (Å²) in [5.41, 5.74) is 0.922. The molecule has 0 amide bonds. The minimum Gasteiger partial charge on any atom is -0.261 e. The summed E-state index contributed by atoms with van der Waals surface area (Å²) in [5, 5.41) is 0. The molecule has 1 heterocycles. The normalized spacial score (nSPS) is 11.4. The van der Waals surface area contributed by atoms with E-state index >= 15 is 0 Å². The second-order valence-corrected chi connectivity index (χ2v) is 3.84. The maximum Gasteiger partial charge on any atom is 0.0948 e. The van der Waals surface area contributed by atoms with Gasteiger partial charge in [-0.15, -0.1) is 11.8 Å². The van der Waals surface area contributed by atoms with Crippen molar-refractivity contribution in [3.05, 3.63) is 43.0 Å². The lowest BCUT2D eigenvalue weighted by Crippen LogP contribution is -1.87. The van der Waals surface area contributed by atoms with Crippen molar-refractivity contribution in [1.82, 2.24) is 9.97 Å². The van der Waals surface area contributed by atoms with Crippen LogP contribution >= 0.6 is 11.8 Å². The van der Waals surface area contributed by atoms with Crippen molar-refractivity contribution in [1.29, 1.82) is 0 Å². The van der Waals surface area contributed by atoms with Crippen LogP contribution in [0.2, 0.25) is 0 Å². The topological polar surface area (TPSA) is 25.8 Å². The highest BCUT2D eigenvalue weighted by atomic mass is 32.2. The Morgan fingerprint density at radius 1 is 1.57 bits per heavy atom. The fourth-order valence-electron chi connectivity index (χ4n) is 0.953. The molecule has 0 aromatic carbocycles. The number of aromatic nitrogens is 2. The van der Waals surface area contributed by atoms with E-state index in [0.29, 0.717) is 0 Å². The van der Waals surface area contributed by atoms with E-state index in [0.717, 1.165) is 22.8 Å². The van der Waals surface area contributed by atoms with Gasteiger partial charge in [0.05, 0.1) is 11.9 Å². The first-order valence-corrected chi connectivity index (χ1v) is 5.59. The number of rotatable bonds is 5. The van der Waals surface area contributed by atoms with Gasteiger partial charge in [0, 0.05) is 17.3 Å². The number of hydrogen-bond donors (Lipinski definition) is 0. The van der Waals surface area contributed by atoms with E-state index in [1.165, 1.54) is 0 Å². The predicted molar refractivity (Wildman–Crippen MR) is 63.0 cm³/mol. The fraction of sp³-hybridized carbons (Fsp3) is 0.273. The van der Waals surface area contributed by atoms with Gasteiger partial charge in [-0.2, -0.15) is 0 Å². The lowest BCUT2D eigenvalue weighted by Gasteiger charge is -2.03. The van der Waals surface area contributed by atoms with Crippen LogP contribution < -0.4 is 0 Å². The van der Waals surface area contributed by atoms with Gasteiger partial charge in [-0.05, 0) is 18.2 Å². The summed E-state index contributed by atoms with van der Waals surface area (Å²) in [4.78, 5) is 9.43. The Hall–Kier alpha value is -1.09. The van der Waals surface area contributed by atoms with E-state index in [2.05, 4.69) is 23.5 Å². The zero-order valence-electron chi connectivity index (χ0n) is 8.31. The molecule has 0 aliphatic heterocycles. The Labute approximate surface area is 89.2 Å². The van der Waals surface area contributed by atoms with Crippen LogP contribution in [0.3, 0.4) is 0 Å². The Kier molecular flexibility index (Phi) is 5.00. The molecule has 0 unspecified atom stereocenters. The van der Waals surface area contributed by atoms with Crippen LogP contribution in [-0.2, 0) is 0 Å². The van der Waals surface area contributed by atoms with Gasteiger partial charge in [0.2, 0.25) is 0 Å². The number of nitrogens with zero attached hydrogens (tertiary/aromatic N) is 2. The maximum atomic E-state index is 4.25. The highest BCUT2D eigenvalue weighted by molar-refractivity contribution is 8.08. The Balaban J connectivity index is 2.78. The summed E-state index contributed by atoms with van der Waals surface area (Å²) >= 11 is 1.79. The molecule has 0 aliphatic rings. The van der Waals surface area contributed by atoms with Crippen LogP contribution in [0.25, 0.3) is 4.91 Å². The van der Waals surface area contributed by atoms with E-state index in [9.17, 15) is 0 Å². The van der Waals surface area contributed by atoms with Crippen LogP contribution in [0.5, 0.6) is 0 Å². The van der Waals surface area contributed by atoms with Gasteiger partial charge < -0.3 is 0 Å². The molecule has 0 saturated carbocycles. The molecule has 0 bridgehead atoms. The minimum absolute atomic E-state index is 0.922. The predicted octanol–water partition coefficient (Wildman–Crippen LogP) is 3.15. The molecule has 14 heavy (non-hydrogen) atoms. The molecular weight excluding hydrogens is 192 g/mol. The zero-order chi connectivity index (χ0) is 10.2. The van der Waals surface area contributed by atoms with E-state index in [4.69, 9.17) is 0 Å². The molecule has 1 aromatic rings. The van der Waals surface area contributed by atoms with Gasteiger partial charge >= 0.3 is 0 Å². The molecule has 0 aliphatic carbocycles. The van der Waals surface area contributed by atoms with Crippen molar-refractivity contribution in [2.75, 3.05) is 5.75 Å². The van der Waals surface area contributed by atoms with Crippen LogP contribution in [0.4, 0.5) is 0 Å². The third-order valence-corrected chi connectivity index (χ3v) is 2.82. The Bertz CT molecular complexity index is 306. The molecule has 0 saturated heterocycles. The molecule has 0 radical (unpaired) electrons. The minimum atomic E-state index is 0.922. The molecular formula is C11H14N2S. The van der Waals surface area contributed by atoms with E-state index in [1.54, 1.807) is 36.4 Å². The van der Waals surface area contributed by atoms with E-state index in [1.807, 2.05) is 6.08 Å². The van der Waals surface area contributed by atoms with E-state index < -0.39 is 0 Å². The average Bonchev–Trinajstić information content (AvgIpc) is 2.25. The largest absolute Gasteiger partial charge is 0.261 e. The van der Waals surface area contributed by atoms with Crippen molar-refractivity contribution in [2.45, 2.75) is 13.3 Å². The summed E-state index contributed by atoms with van der Waals surface area (Å²) in [6, 6.07) is 0. The lowest BCUT2D eigenvalue weighted by atomic mass is 10.4. The second-order valence-electron chi connectivity index (χ2n) is 2.71. The SMILES string of the molecule is C=C/C=C(\SCCC)c1cnccn1. The number of thioether (sulfide) groups is 1. The summed E-state index contributed by atoms with van der Waals surface area (Å²) < 4.78 is 0. The fourth-order valence-corrected chi connectivity index (χ4v) is 1.82. The third-order valence-electron chi connectivity index (χ3n) is 1.55. The molecule has 2 nitrogen and oxygen atoms in total. The van der Waals surface area contributed by atoms with Gasteiger partial charge in [0.25, 0.3) is 0 Å². The lowest BCUT2D eigenvalue weighted by molar-refractivity contribution is 1.11. The molecule has 0 N–H and O–H groups in total. The Morgan fingerprint density at radius 3 is 3.00 bits per heavy atom. The highest BCUT2D eigenvalue weighted by Crippen LogP contribution is 2.25. The maximum absolute atomic E-state index is 4.25. The van der Waals surface area contributed by atoms with Crippen LogP contribution in [0.15, 0.2) is 37.3 Å². The molecule has 1 rings (SSSR count). The smallest absolute Gasteiger partial charge is 0.0948 e. The average molecular weight is 206 g/mol. The van der Waals surface area contributed by atoms with Crippen molar-refractivity contribution in [2.24, 2.45) is 0 Å². The molecule has 3 heteroatoms. The highest BCUT2D eigenvalue weighted by Gasteiger charge is 2.01. The van der Waals surface area contributed by atoms with Crippen LogP contribution in [0.1, 0.15) is 19.0 Å². The Morgan fingerprint density at radius 2 is 2.43 bits per heavy atom. The zero-order valence-corrected chi connectivity index (χ0v) is 9.13. The quantitative estimate of drug-likeness (QED) is 0.692. The number of hydrogen-bond acceptors (Lipinski definition) is 3. The summed E-state index contributed by atoms with van der Waals surface area (Å²) in [6.07, 6.45) is 10.1. The van der Waals surface area contributed by atoms with Gasteiger partial charge in [0.15, 0.2) is 0 Å². The van der Waals surface area contributed by atoms with Crippen molar-refractivity contribution >= 4 is 16.7 Å². The molecule has 1 aromatic heterocycles. The van der Waals surface area contributed by atoms with Crippen molar-refractivity contribution < 1.29 is 0 Å². The van der Waals surface area contributed by atoms with Crippen molar-refractivity contribution in [3.8, 4) is 0 Å². The molecule has 0 fully saturated rings. The van der Waals surface area contributed by atoms with Gasteiger partial charge in [-0.1, -0.05) is 19.6 Å². The van der Waals surface area contributed by atoms with Gasteiger partial charge in [-0.25, -0.2) is 0 Å². The van der Waals surface area contributed by atoms with Gasteiger partial charge in [0.1, 0.15) is 0 Å². The molecule has 0 atom stereocenters. The van der Waals surface area contributed by atoms with E-state index in [-0.39, 0.29) is 0 Å². The number of allylic oxidation sites excluding steroid dienone is 2.